The van der Waals surface area contributed by atoms with Crippen molar-refractivity contribution in [3.8, 4) is 5.75 Å². The number of fused-ring (bicyclic) bond motifs is 1. The van der Waals surface area contributed by atoms with Crippen molar-refractivity contribution in [3.63, 3.8) is 0 Å². The number of hydrogen-bond acceptors (Lipinski definition) is 10. The summed E-state index contributed by atoms with van der Waals surface area (Å²) in [6, 6.07) is 21.0. The number of hydroxylamine groups is 1. The molecule has 50 heavy (non-hydrogen) atoms. The fraction of sp³-hybridized carbons (Fsp3) is 0.368. The first-order valence-corrected chi connectivity index (χ1v) is 17.3. The highest BCUT2D eigenvalue weighted by atomic mass is 16.7. The van der Waals surface area contributed by atoms with Crippen molar-refractivity contribution < 1.29 is 19.2 Å². The summed E-state index contributed by atoms with van der Waals surface area (Å²) in [4.78, 5) is 46.3. The van der Waals surface area contributed by atoms with Crippen molar-refractivity contribution in [1.82, 2.24) is 19.8 Å². The van der Waals surface area contributed by atoms with Crippen LogP contribution in [-0.4, -0.2) is 90.6 Å². The number of rotatable bonds is 9. The van der Waals surface area contributed by atoms with Crippen LogP contribution in [0.5, 0.6) is 5.75 Å². The van der Waals surface area contributed by atoms with Gasteiger partial charge in [-0.1, -0.05) is 43.0 Å². The molecule has 3 aliphatic heterocycles. The maximum Gasteiger partial charge on any atom is 0.247 e. The average Bonchev–Trinajstić information content (AvgIpc) is 3.65. The molecule has 3 aromatic carbocycles. The van der Waals surface area contributed by atoms with Gasteiger partial charge in [-0.2, -0.15) is 0 Å². The predicted molar refractivity (Wildman–Crippen MR) is 196 cm³/mol. The second kappa shape index (κ2) is 14.7. The number of hydrogen-bond donors (Lipinski definition) is 2. The third kappa shape index (κ3) is 7.08. The predicted octanol–water partition coefficient (Wildman–Crippen LogP) is 5.52. The molecule has 1 aromatic heterocycles. The third-order valence-corrected chi connectivity index (χ3v) is 10.0. The zero-order valence-corrected chi connectivity index (χ0v) is 28.7. The molecule has 12 heteroatoms. The second-order valence-corrected chi connectivity index (χ2v) is 13.0. The molecule has 3 saturated heterocycles. The standard InChI is InChI=1S/C38H44N8O4/c1-4-38(48)42-31-22-32(35(49-3)23-34(31)45-14-11-30(12-15-45)44-18-16-43(17-19-44)26(2)47)41-36-24-37(40-25-39-36)46-33(13-20-50-46)29-10-9-27-7-5-6-8-28(27)21-29/h4-10,21-25,30,33H,1,11-20H2,2-3H3,(H,42,48)(H,39,40,41)/t33-/m1/s1. The van der Waals surface area contributed by atoms with Crippen LogP contribution in [0, 0.1) is 0 Å². The highest BCUT2D eigenvalue weighted by Crippen LogP contribution is 2.41. The van der Waals surface area contributed by atoms with Crippen LogP contribution in [0.1, 0.15) is 37.8 Å². The molecule has 0 bridgehead atoms. The van der Waals surface area contributed by atoms with E-state index in [2.05, 4.69) is 73.4 Å². The minimum atomic E-state index is -0.296. The van der Waals surface area contributed by atoms with Gasteiger partial charge in [0.15, 0.2) is 5.82 Å². The summed E-state index contributed by atoms with van der Waals surface area (Å²) in [6.45, 7) is 10.9. The molecule has 0 aliphatic carbocycles. The van der Waals surface area contributed by atoms with Gasteiger partial charge in [0.05, 0.1) is 36.8 Å². The zero-order chi connectivity index (χ0) is 34.6. The smallest absolute Gasteiger partial charge is 0.247 e. The molecule has 260 valence electrons. The Bertz CT molecular complexity index is 1870. The van der Waals surface area contributed by atoms with Gasteiger partial charge < -0.3 is 25.2 Å². The molecule has 3 fully saturated rings. The molecule has 7 rings (SSSR count). The lowest BCUT2D eigenvalue weighted by atomic mass is 10.0. The first-order chi connectivity index (χ1) is 24.4. The third-order valence-electron chi connectivity index (χ3n) is 10.0. The van der Waals surface area contributed by atoms with E-state index in [9.17, 15) is 9.59 Å². The Kier molecular flexibility index (Phi) is 9.81. The van der Waals surface area contributed by atoms with Gasteiger partial charge in [-0.3, -0.25) is 19.3 Å². The highest BCUT2D eigenvalue weighted by molar-refractivity contribution is 6.02. The van der Waals surface area contributed by atoms with E-state index >= 15 is 0 Å². The molecular formula is C38H44N8O4. The van der Waals surface area contributed by atoms with Gasteiger partial charge in [-0.05, 0) is 47.4 Å². The van der Waals surface area contributed by atoms with Gasteiger partial charge in [0, 0.05) is 70.8 Å². The number of nitrogens with one attached hydrogen (secondary N) is 2. The van der Waals surface area contributed by atoms with Crippen molar-refractivity contribution in [2.45, 2.75) is 38.3 Å². The maximum atomic E-state index is 12.6. The van der Waals surface area contributed by atoms with E-state index in [0.29, 0.717) is 41.4 Å². The van der Waals surface area contributed by atoms with Gasteiger partial charge >= 0.3 is 0 Å². The van der Waals surface area contributed by atoms with E-state index in [1.807, 2.05) is 34.2 Å². The van der Waals surface area contributed by atoms with Crippen molar-refractivity contribution in [2.24, 2.45) is 0 Å². The maximum absolute atomic E-state index is 12.6. The molecule has 1 atom stereocenters. The summed E-state index contributed by atoms with van der Waals surface area (Å²) in [5.74, 6) is 1.66. The lowest BCUT2D eigenvalue weighted by Gasteiger charge is -2.43. The van der Waals surface area contributed by atoms with Gasteiger partial charge in [-0.15, -0.1) is 0 Å². The Balaban J connectivity index is 1.09. The Morgan fingerprint density at radius 3 is 2.44 bits per heavy atom. The summed E-state index contributed by atoms with van der Waals surface area (Å²) in [5.41, 5.74) is 3.34. The molecule has 4 heterocycles. The van der Waals surface area contributed by atoms with Crippen LogP contribution in [0.15, 0.2) is 79.6 Å². The van der Waals surface area contributed by atoms with E-state index < -0.39 is 0 Å². The van der Waals surface area contributed by atoms with E-state index in [1.165, 1.54) is 23.2 Å². The van der Waals surface area contributed by atoms with E-state index in [-0.39, 0.29) is 17.9 Å². The topological polar surface area (TPSA) is 115 Å². The van der Waals surface area contributed by atoms with Gasteiger partial charge in [0.2, 0.25) is 11.8 Å². The molecule has 3 aliphatic rings. The number of piperazine rings is 1. The number of methoxy groups -OCH3 is 1. The molecule has 0 unspecified atom stereocenters. The van der Waals surface area contributed by atoms with Crippen LogP contribution in [0.2, 0.25) is 0 Å². The van der Waals surface area contributed by atoms with Crippen LogP contribution < -0.4 is 25.3 Å². The number of anilines is 5. The molecule has 2 amide bonds. The Morgan fingerprint density at radius 2 is 1.70 bits per heavy atom. The first kappa shape index (κ1) is 33.3. The summed E-state index contributed by atoms with van der Waals surface area (Å²) >= 11 is 0. The molecule has 2 N–H and O–H groups in total. The average molecular weight is 677 g/mol. The quantitative estimate of drug-likeness (QED) is 0.220. The molecular weight excluding hydrogens is 632 g/mol. The summed E-state index contributed by atoms with van der Waals surface area (Å²) in [6.07, 6.45) is 5.59. The number of carbonyl (C=O) groups is 2. The molecule has 4 aromatic rings. The van der Waals surface area contributed by atoms with Crippen LogP contribution >= 0.6 is 0 Å². The van der Waals surface area contributed by atoms with E-state index in [0.717, 1.165) is 69.8 Å². The second-order valence-electron chi connectivity index (χ2n) is 13.0. The van der Waals surface area contributed by atoms with Crippen molar-refractivity contribution in [1.29, 1.82) is 0 Å². The number of carbonyl (C=O) groups excluding carboxylic acids is 2. The van der Waals surface area contributed by atoms with Crippen molar-refractivity contribution in [2.75, 3.05) is 73.6 Å². The van der Waals surface area contributed by atoms with Gasteiger partial charge in [0.25, 0.3) is 0 Å². The van der Waals surface area contributed by atoms with Crippen molar-refractivity contribution >= 4 is 51.3 Å². The Labute approximate surface area is 292 Å². The lowest BCUT2D eigenvalue weighted by molar-refractivity contribution is -0.131. The highest BCUT2D eigenvalue weighted by Gasteiger charge is 2.31. The van der Waals surface area contributed by atoms with E-state index in [1.54, 1.807) is 14.0 Å². The lowest BCUT2D eigenvalue weighted by Crippen LogP contribution is -2.54. The first-order valence-electron chi connectivity index (χ1n) is 17.3. The summed E-state index contributed by atoms with van der Waals surface area (Å²) in [5, 5.41) is 10.7. The van der Waals surface area contributed by atoms with Crippen LogP contribution in [0.3, 0.4) is 0 Å². The largest absolute Gasteiger partial charge is 0.494 e. The van der Waals surface area contributed by atoms with Crippen LogP contribution in [0.25, 0.3) is 10.8 Å². The summed E-state index contributed by atoms with van der Waals surface area (Å²) in [7, 11) is 1.64. The number of piperidine rings is 1. The zero-order valence-electron chi connectivity index (χ0n) is 28.7. The monoisotopic (exact) mass is 676 g/mol. The van der Waals surface area contributed by atoms with Gasteiger partial charge in [-0.25, -0.2) is 15.0 Å². The number of benzene rings is 3. The molecule has 0 radical (unpaired) electrons. The van der Waals surface area contributed by atoms with Crippen LogP contribution in [0.4, 0.5) is 28.7 Å². The van der Waals surface area contributed by atoms with E-state index in [4.69, 9.17) is 9.57 Å². The van der Waals surface area contributed by atoms with Crippen LogP contribution in [-0.2, 0) is 14.4 Å². The minimum Gasteiger partial charge on any atom is -0.494 e. The number of ether oxygens (including phenoxy) is 1. The minimum absolute atomic E-state index is 0.00573. The number of amides is 2. The number of aromatic nitrogens is 2. The normalized spacial score (nSPS) is 18.7. The SMILES string of the molecule is C=CC(=O)Nc1cc(Nc2cc(N3OCC[C@@H]3c3ccc4ccccc4c3)ncn2)c(OC)cc1N1CCC(N2CCN(C(C)=O)CC2)CC1. The van der Waals surface area contributed by atoms with Gasteiger partial charge in [0.1, 0.15) is 17.9 Å². The molecule has 12 nitrogen and oxygen atoms in total. The Hall–Kier alpha value is -5.20. The fourth-order valence-electron chi connectivity index (χ4n) is 7.34. The fourth-order valence-corrected chi connectivity index (χ4v) is 7.34. The number of nitrogens with zero attached hydrogens (tertiary/aromatic N) is 6. The molecule has 0 saturated carbocycles. The van der Waals surface area contributed by atoms with Crippen molar-refractivity contribution in [3.05, 3.63) is 85.2 Å². The Morgan fingerprint density at radius 1 is 0.920 bits per heavy atom. The summed E-state index contributed by atoms with van der Waals surface area (Å²) < 4.78 is 5.88. The molecule has 0 spiro atoms.